The first-order valence-electron chi connectivity index (χ1n) is 5.27. The fourth-order valence-corrected chi connectivity index (χ4v) is 1.69. The summed E-state index contributed by atoms with van der Waals surface area (Å²) in [5.41, 5.74) is 0. The molecule has 14 heavy (non-hydrogen) atoms. The van der Waals surface area contributed by atoms with E-state index in [0.717, 1.165) is 13.0 Å². The highest BCUT2D eigenvalue weighted by molar-refractivity contribution is 5.67. The smallest absolute Gasteiger partial charge is 0.306 e. The molecule has 2 N–H and O–H groups in total. The molecule has 0 radical (unpaired) electrons. The van der Waals surface area contributed by atoms with Gasteiger partial charge in [0.15, 0.2) is 0 Å². The quantitative estimate of drug-likeness (QED) is 0.636. The van der Waals surface area contributed by atoms with Crippen LogP contribution in [0.5, 0.6) is 0 Å². The molecule has 82 valence electrons. The Hall–Kier alpha value is -0.610. The van der Waals surface area contributed by atoms with Crippen LogP contribution in [0.15, 0.2) is 0 Å². The molecule has 1 aliphatic rings. The third kappa shape index (κ3) is 4.07. The molecule has 1 saturated carbocycles. The van der Waals surface area contributed by atoms with E-state index in [9.17, 15) is 9.90 Å². The number of rotatable bonds is 7. The predicted molar refractivity (Wildman–Crippen MR) is 53.1 cm³/mol. The Morgan fingerprint density at radius 1 is 1.57 bits per heavy atom. The maximum absolute atomic E-state index is 10.4. The topological polar surface area (TPSA) is 60.8 Å². The number of aliphatic carboxylic acids is 1. The molecular weight excluding hydrogens is 182 g/mol. The average molecular weight is 201 g/mol. The molecule has 0 heterocycles. The third-order valence-corrected chi connectivity index (χ3v) is 2.43. The third-order valence-electron chi connectivity index (χ3n) is 2.43. The number of carbonyl (C=O) groups is 1. The zero-order valence-corrected chi connectivity index (χ0v) is 8.65. The van der Waals surface area contributed by atoms with Gasteiger partial charge >= 0.3 is 5.97 Å². The van der Waals surface area contributed by atoms with Gasteiger partial charge in [-0.1, -0.05) is 6.92 Å². The van der Waals surface area contributed by atoms with E-state index in [1.165, 1.54) is 12.8 Å². The molecular formula is C10H19NO3. The van der Waals surface area contributed by atoms with Crippen molar-refractivity contribution in [3.8, 4) is 0 Å². The van der Waals surface area contributed by atoms with Gasteiger partial charge in [0.05, 0.1) is 12.5 Å². The van der Waals surface area contributed by atoms with E-state index in [-0.39, 0.29) is 6.42 Å². The molecule has 0 bridgehead atoms. The Morgan fingerprint density at radius 3 is 2.64 bits per heavy atom. The maximum Gasteiger partial charge on any atom is 0.306 e. The van der Waals surface area contributed by atoms with Crippen LogP contribution in [0, 0.1) is 0 Å². The van der Waals surface area contributed by atoms with Gasteiger partial charge in [-0.05, 0) is 25.8 Å². The summed E-state index contributed by atoms with van der Waals surface area (Å²) >= 11 is 0. The van der Waals surface area contributed by atoms with Gasteiger partial charge in [-0.3, -0.25) is 9.69 Å². The van der Waals surface area contributed by atoms with Crippen molar-refractivity contribution in [1.82, 2.24) is 4.90 Å². The van der Waals surface area contributed by atoms with Gasteiger partial charge in [0.25, 0.3) is 0 Å². The molecule has 1 atom stereocenters. The molecule has 1 unspecified atom stereocenters. The molecule has 0 spiro atoms. The summed E-state index contributed by atoms with van der Waals surface area (Å²) in [6.45, 7) is 3.56. The number of aliphatic hydroxyl groups excluding tert-OH is 1. The lowest BCUT2D eigenvalue weighted by Crippen LogP contribution is -2.35. The summed E-state index contributed by atoms with van der Waals surface area (Å²) in [6.07, 6.45) is 2.57. The minimum absolute atomic E-state index is 0.146. The highest BCUT2D eigenvalue weighted by atomic mass is 16.4. The first kappa shape index (κ1) is 11.5. The van der Waals surface area contributed by atoms with Crippen LogP contribution in [0.1, 0.15) is 32.6 Å². The van der Waals surface area contributed by atoms with Crippen LogP contribution in [0.4, 0.5) is 0 Å². The van der Waals surface area contributed by atoms with Crippen LogP contribution in [0.3, 0.4) is 0 Å². The largest absolute Gasteiger partial charge is 0.481 e. The van der Waals surface area contributed by atoms with Gasteiger partial charge in [-0.25, -0.2) is 0 Å². The summed E-state index contributed by atoms with van der Waals surface area (Å²) in [5, 5.41) is 18.0. The first-order valence-corrected chi connectivity index (χ1v) is 5.27. The van der Waals surface area contributed by atoms with E-state index in [2.05, 4.69) is 11.8 Å². The monoisotopic (exact) mass is 201 g/mol. The first-order chi connectivity index (χ1) is 6.63. The van der Waals surface area contributed by atoms with Gasteiger partial charge in [-0.15, -0.1) is 0 Å². The Morgan fingerprint density at radius 2 is 2.21 bits per heavy atom. The van der Waals surface area contributed by atoms with Crippen LogP contribution >= 0.6 is 0 Å². The summed E-state index contributed by atoms with van der Waals surface area (Å²) in [4.78, 5) is 12.6. The van der Waals surface area contributed by atoms with Crippen molar-refractivity contribution in [1.29, 1.82) is 0 Å². The zero-order valence-electron chi connectivity index (χ0n) is 8.65. The number of nitrogens with zero attached hydrogens (tertiary/aromatic N) is 1. The number of aliphatic hydroxyl groups is 1. The van der Waals surface area contributed by atoms with Crippen molar-refractivity contribution >= 4 is 5.97 Å². The summed E-state index contributed by atoms with van der Waals surface area (Å²) in [6, 6.07) is 0.596. The van der Waals surface area contributed by atoms with Gasteiger partial charge < -0.3 is 10.2 Å². The lowest BCUT2D eigenvalue weighted by atomic mass is 10.2. The Bertz CT molecular complexity index is 192. The number of hydrogen-bond donors (Lipinski definition) is 2. The second-order valence-electron chi connectivity index (χ2n) is 3.98. The van der Waals surface area contributed by atoms with Crippen molar-refractivity contribution in [3.05, 3.63) is 0 Å². The average Bonchev–Trinajstić information content (AvgIpc) is 2.83. The molecule has 1 fully saturated rings. The normalized spacial score (nSPS) is 18.5. The molecule has 4 nitrogen and oxygen atoms in total. The van der Waals surface area contributed by atoms with Gasteiger partial charge in [0, 0.05) is 12.6 Å². The van der Waals surface area contributed by atoms with Crippen molar-refractivity contribution < 1.29 is 15.0 Å². The fraction of sp³-hybridized carbons (Fsp3) is 0.900. The fourth-order valence-electron chi connectivity index (χ4n) is 1.69. The number of hydrogen-bond acceptors (Lipinski definition) is 3. The lowest BCUT2D eigenvalue weighted by Gasteiger charge is -2.23. The molecule has 0 aromatic carbocycles. The summed E-state index contributed by atoms with van der Waals surface area (Å²) in [7, 11) is 0. The Kier molecular flexibility index (Phi) is 4.35. The molecule has 0 amide bonds. The highest BCUT2D eigenvalue weighted by Gasteiger charge is 2.29. The van der Waals surface area contributed by atoms with E-state index in [1.807, 2.05) is 0 Å². The Labute approximate surface area is 84.5 Å². The second-order valence-corrected chi connectivity index (χ2v) is 3.98. The molecule has 0 aromatic rings. The van der Waals surface area contributed by atoms with E-state index in [4.69, 9.17) is 5.11 Å². The molecule has 4 heteroatoms. The zero-order chi connectivity index (χ0) is 10.6. The molecule has 1 rings (SSSR count). The standard InChI is InChI=1S/C10H19NO3/c1-2-5-11(8-3-4-8)7-9(12)6-10(13)14/h8-9,12H,2-7H2,1H3,(H,13,14). The minimum Gasteiger partial charge on any atom is -0.481 e. The van der Waals surface area contributed by atoms with Crippen molar-refractivity contribution in [3.63, 3.8) is 0 Å². The summed E-state index contributed by atoms with van der Waals surface area (Å²) < 4.78 is 0. The Balaban J connectivity index is 2.26. The van der Waals surface area contributed by atoms with Crippen LogP contribution in [0.25, 0.3) is 0 Å². The van der Waals surface area contributed by atoms with E-state index in [0.29, 0.717) is 12.6 Å². The second kappa shape index (κ2) is 5.32. The van der Waals surface area contributed by atoms with Crippen molar-refractivity contribution in [2.45, 2.75) is 44.8 Å². The van der Waals surface area contributed by atoms with Crippen LogP contribution in [-0.4, -0.2) is 46.3 Å². The van der Waals surface area contributed by atoms with E-state index < -0.39 is 12.1 Å². The van der Waals surface area contributed by atoms with Crippen LogP contribution < -0.4 is 0 Å². The van der Waals surface area contributed by atoms with Crippen molar-refractivity contribution in [2.75, 3.05) is 13.1 Å². The molecule has 0 aliphatic heterocycles. The molecule has 0 saturated heterocycles. The predicted octanol–water partition coefficient (Wildman–Crippen LogP) is 0.696. The van der Waals surface area contributed by atoms with Gasteiger partial charge in [0.2, 0.25) is 0 Å². The summed E-state index contributed by atoms with van der Waals surface area (Å²) in [5.74, 6) is -0.926. The van der Waals surface area contributed by atoms with Crippen molar-refractivity contribution in [2.24, 2.45) is 0 Å². The SMILES string of the molecule is CCCN(CC(O)CC(=O)O)C1CC1. The number of carboxylic acid groups (broad SMARTS) is 1. The highest BCUT2D eigenvalue weighted by Crippen LogP contribution is 2.27. The van der Waals surface area contributed by atoms with Crippen LogP contribution in [0.2, 0.25) is 0 Å². The van der Waals surface area contributed by atoms with E-state index in [1.54, 1.807) is 0 Å². The molecule has 0 aromatic heterocycles. The van der Waals surface area contributed by atoms with E-state index >= 15 is 0 Å². The van der Waals surface area contributed by atoms with Gasteiger partial charge in [-0.2, -0.15) is 0 Å². The van der Waals surface area contributed by atoms with Gasteiger partial charge in [0.1, 0.15) is 0 Å². The van der Waals surface area contributed by atoms with Crippen LogP contribution in [-0.2, 0) is 4.79 Å². The number of carboxylic acids is 1. The minimum atomic E-state index is -0.926. The lowest BCUT2D eigenvalue weighted by molar-refractivity contribution is -0.139. The molecule has 1 aliphatic carbocycles. The maximum atomic E-state index is 10.4.